The SMILES string of the molecule is Cc1nn(CC(C)C)c(C)c1CC(=O)NC(C)(C)C(=O)O. The number of aryl methyl sites for hydroxylation is 1. The van der Waals surface area contributed by atoms with Gasteiger partial charge in [-0.2, -0.15) is 5.10 Å². The van der Waals surface area contributed by atoms with Gasteiger partial charge >= 0.3 is 5.97 Å². The summed E-state index contributed by atoms with van der Waals surface area (Å²) in [5.41, 5.74) is 1.38. The maximum absolute atomic E-state index is 12.1. The highest BCUT2D eigenvalue weighted by atomic mass is 16.4. The number of rotatable bonds is 6. The standard InChI is InChI=1S/C15H25N3O3/c1-9(2)8-18-11(4)12(10(3)17-18)7-13(19)16-15(5,6)14(20)21/h9H,7-8H2,1-6H3,(H,16,19)(H,20,21). The van der Waals surface area contributed by atoms with Crippen molar-refractivity contribution in [2.24, 2.45) is 5.92 Å². The Hall–Kier alpha value is -1.85. The van der Waals surface area contributed by atoms with Crippen molar-refractivity contribution in [2.75, 3.05) is 0 Å². The van der Waals surface area contributed by atoms with Gasteiger partial charge in [0.15, 0.2) is 0 Å². The Kier molecular flexibility index (Phi) is 5.15. The van der Waals surface area contributed by atoms with Gasteiger partial charge in [0.2, 0.25) is 5.91 Å². The van der Waals surface area contributed by atoms with E-state index in [2.05, 4.69) is 24.3 Å². The Bertz CT molecular complexity index is 545. The van der Waals surface area contributed by atoms with Crippen LogP contribution in [0.2, 0.25) is 0 Å². The largest absolute Gasteiger partial charge is 0.480 e. The molecule has 1 rings (SSSR count). The zero-order valence-corrected chi connectivity index (χ0v) is 13.6. The number of aromatic nitrogens is 2. The summed E-state index contributed by atoms with van der Waals surface area (Å²) < 4.78 is 1.91. The van der Waals surface area contributed by atoms with Crippen molar-refractivity contribution in [1.29, 1.82) is 0 Å². The lowest BCUT2D eigenvalue weighted by Gasteiger charge is -2.21. The number of hydrogen-bond donors (Lipinski definition) is 2. The van der Waals surface area contributed by atoms with Crippen LogP contribution in [0.3, 0.4) is 0 Å². The number of carbonyl (C=O) groups excluding carboxylic acids is 1. The van der Waals surface area contributed by atoms with Gasteiger partial charge < -0.3 is 10.4 Å². The van der Waals surface area contributed by atoms with E-state index in [1.807, 2.05) is 18.5 Å². The van der Waals surface area contributed by atoms with Crippen LogP contribution in [0.25, 0.3) is 0 Å². The van der Waals surface area contributed by atoms with Gasteiger partial charge in [0.25, 0.3) is 0 Å². The molecule has 21 heavy (non-hydrogen) atoms. The van der Waals surface area contributed by atoms with Crippen molar-refractivity contribution in [2.45, 2.75) is 60.0 Å². The molecule has 6 heteroatoms. The van der Waals surface area contributed by atoms with E-state index in [-0.39, 0.29) is 12.3 Å². The third-order valence-corrected chi connectivity index (χ3v) is 3.39. The first-order valence-corrected chi connectivity index (χ1v) is 7.12. The Morgan fingerprint density at radius 1 is 1.33 bits per heavy atom. The molecule has 0 radical (unpaired) electrons. The summed E-state index contributed by atoms with van der Waals surface area (Å²) >= 11 is 0. The Labute approximate surface area is 125 Å². The van der Waals surface area contributed by atoms with Gasteiger partial charge in [-0.1, -0.05) is 13.8 Å². The Balaban J connectivity index is 2.86. The predicted molar refractivity (Wildman–Crippen MR) is 80.1 cm³/mol. The number of carboxylic acids is 1. The molecule has 2 N–H and O–H groups in total. The predicted octanol–water partition coefficient (Wildman–Crippen LogP) is 1.68. The summed E-state index contributed by atoms with van der Waals surface area (Å²) in [4.78, 5) is 23.1. The van der Waals surface area contributed by atoms with Crippen molar-refractivity contribution in [1.82, 2.24) is 15.1 Å². The molecular weight excluding hydrogens is 270 g/mol. The monoisotopic (exact) mass is 295 g/mol. The molecule has 0 aliphatic rings. The van der Waals surface area contributed by atoms with E-state index in [1.54, 1.807) is 0 Å². The smallest absolute Gasteiger partial charge is 0.328 e. The number of nitrogens with one attached hydrogen (secondary N) is 1. The molecule has 0 unspecified atom stereocenters. The topological polar surface area (TPSA) is 84.2 Å². The highest BCUT2D eigenvalue weighted by molar-refractivity contribution is 5.87. The minimum absolute atomic E-state index is 0.145. The summed E-state index contributed by atoms with van der Waals surface area (Å²) in [5, 5.41) is 16.0. The Morgan fingerprint density at radius 3 is 2.38 bits per heavy atom. The summed E-state index contributed by atoms with van der Waals surface area (Å²) in [6.45, 7) is 11.8. The van der Waals surface area contributed by atoms with E-state index in [0.717, 1.165) is 23.5 Å². The summed E-state index contributed by atoms with van der Waals surface area (Å²) in [5.74, 6) is -0.895. The van der Waals surface area contributed by atoms with E-state index in [4.69, 9.17) is 5.11 Å². The highest BCUT2D eigenvalue weighted by Gasteiger charge is 2.29. The second-order valence-electron chi connectivity index (χ2n) is 6.38. The second-order valence-corrected chi connectivity index (χ2v) is 6.38. The number of aliphatic carboxylic acids is 1. The quantitative estimate of drug-likeness (QED) is 0.836. The number of nitrogens with zero attached hydrogens (tertiary/aromatic N) is 2. The number of hydrogen-bond acceptors (Lipinski definition) is 3. The van der Waals surface area contributed by atoms with E-state index in [0.29, 0.717) is 5.92 Å². The molecule has 0 bridgehead atoms. The maximum atomic E-state index is 12.1. The normalized spacial score (nSPS) is 11.8. The molecular formula is C15H25N3O3. The average Bonchev–Trinajstić information content (AvgIpc) is 2.55. The minimum Gasteiger partial charge on any atom is -0.480 e. The first-order valence-electron chi connectivity index (χ1n) is 7.12. The van der Waals surface area contributed by atoms with Crippen LogP contribution in [0.5, 0.6) is 0 Å². The molecule has 0 aromatic carbocycles. The lowest BCUT2D eigenvalue weighted by Crippen LogP contribution is -2.50. The van der Waals surface area contributed by atoms with Crippen molar-refractivity contribution < 1.29 is 14.7 Å². The van der Waals surface area contributed by atoms with E-state index in [1.165, 1.54) is 13.8 Å². The van der Waals surface area contributed by atoms with Gasteiger partial charge in [-0.15, -0.1) is 0 Å². The lowest BCUT2D eigenvalue weighted by molar-refractivity contribution is -0.145. The third kappa shape index (κ3) is 4.31. The van der Waals surface area contributed by atoms with Crippen LogP contribution < -0.4 is 5.32 Å². The van der Waals surface area contributed by atoms with Crippen LogP contribution in [-0.2, 0) is 22.6 Å². The molecule has 0 fully saturated rings. The molecule has 0 atom stereocenters. The fraction of sp³-hybridized carbons (Fsp3) is 0.667. The minimum atomic E-state index is -1.27. The summed E-state index contributed by atoms with van der Waals surface area (Å²) in [6, 6.07) is 0. The number of carbonyl (C=O) groups is 2. The van der Waals surface area contributed by atoms with E-state index < -0.39 is 11.5 Å². The average molecular weight is 295 g/mol. The van der Waals surface area contributed by atoms with E-state index >= 15 is 0 Å². The molecule has 1 aromatic heterocycles. The van der Waals surface area contributed by atoms with Crippen LogP contribution in [0.4, 0.5) is 0 Å². The van der Waals surface area contributed by atoms with Crippen LogP contribution in [-0.4, -0.2) is 32.3 Å². The maximum Gasteiger partial charge on any atom is 0.328 e. The molecule has 0 aliphatic heterocycles. The number of carboxylic acid groups (broad SMARTS) is 1. The van der Waals surface area contributed by atoms with Crippen LogP contribution in [0.15, 0.2) is 0 Å². The zero-order valence-electron chi connectivity index (χ0n) is 13.6. The molecule has 0 spiro atoms. The fourth-order valence-electron chi connectivity index (χ4n) is 2.12. The van der Waals surface area contributed by atoms with Crippen LogP contribution >= 0.6 is 0 Å². The van der Waals surface area contributed by atoms with Gasteiger partial charge in [0.05, 0.1) is 12.1 Å². The van der Waals surface area contributed by atoms with Crippen LogP contribution in [0, 0.1) is 19.8 Å². The fourth-order valence-corrected chi connectivity index (χ4v) is 2.12. The molecule has 118 valence electrons. The molecule has 0 saturated carbocycles. The van der Waals surface area contributed by atoms with Crippen molar-refractivity contribution in [3.05, 3.63) is 17.0 Å². The molecule has 1 heterocycles. The highest BCUT2D eigenvalue weighted by Crippen LogP contribution is 2.16. The third-order valence-electron chi connectivity index (χ3n) is 3.39. The van der Waals surface area contributed by atoms with Crippen LogP contribution in [0.1, 0.15) is 44.6 Å². The van der Waals surface area contributed by atoms with Gasteiger partial charge in [-0.25, -0.2) is 4.79 Å². The van der Waals surface area contributed by atoms with Crippen molar-refractivity contribution in [3.63, 3.8) is 0 Å². The lowest BCUT2D eigenvalue weighted by atomic mass is 10.0. The summed E-state index contributed by atoms with van der Waals surface area (Å²) in [6.07, 6.45) is 0.145. The first kappa shape index (κ1) is 17.2. The van der Waals surface area contributed by atoms with Crippen molar-refractivity contribution >= 4 is 11.9 Å². The molecule has 1 amide bonds. The van der Waals surface area contributed by atoms with Gasteiger partial charge in [0, 0.05) is 17.8 Å². The van der Waals surface area contributed by atoms with Crippen molar-refractivity contribution in [3.8, 4) is 0 Å². The van der Waals surface area contributed by atoms with Gasteiger partial charge in [-0.3, -0.25) is 9.48 Å². The molecule has 6 nitrogen and oxygen atoms in total. The summed E-state index contributed by atoms with van der Waals surface area (Å²) in [7, 11) is 0. The molecule has 0 saturated heterocycles. The molecule has 0 aliphatic carbocycles. The van der Waals surface area contributed by atoms with Gasteiger partial charge in [-0.05, 0) is 33.6 Å². The first-order chi connectivity index (χ1) is 9.54. The second kappa shape index (κ2) is 6.28. The zero-order chi connectivity index (χ0) is 16.4. The molecule has 1 aromatic rings. The number of amides is 1. The Morgan fingerprint density at radius 2 is 1.90 bits per heavy atom. The van der Waals surface area contributed by atoms with Gasteiger partial charge in [0.1, 0.15) is 5.54 Å². The van der Waals surface area contributed by atoms with E-state index in [9.17, 15) is 9.59 Å².